The van der Waals surface area contributed by atoms with Crippen molar-refractivity contribution in [3.05, 3.63) is 66.0 Å². The Bertz CT molecular complexity index is 487. The number of anilines is 1. The van der Waals surface area contributed by atoms with E-state index in [9.17, 15) is 9.50 Å². The third-order valence-electron chi connectivity index (χ3n) is 2.76. The molecule has 2 aromatic carbocycles. The fraction of sp³-hybridized carbons (Fsp3) is 0.200. The van der Waals surface area contributed by atoms with Crippen molar-refractivity contribution in [1.29, 1.82) is 0 Å². The van der Waals surface area contributed by atoms with Crippen LogP contribution in [0.2, 0.25) is 0 Å². The van der Waals surface area contributed by atoms with Gasteiger partial charge in [0.15, 0.2) is 0 Å². The van der Waals surface area contributed by atoms with E-state index in [1.165, 1.54) is 12.1 Å². The van der Waals surface area contributed by atoms with E-state index in [4.69, 9.17) is 0 Å². The molecule has 2 aromatic rings. The summed E-state index contributed by atoms with van der Waals surface area (Å²) in [5, 5.41) is 13.0. The van der Waals surface area contributed by atoms with Crippen molar-refractivity contribution in [2.75, 3.05) is 11.9 Å². The summed E-state index contributed by atoms with van der Waals surface area (Å²) < 4.78 is 12.9. The summed E-state index contributed by atoms with van der Waals surface area (Å²) in [5.41, 5.74) is 1.63. The van der Waals surface area contributed by atoms with E-state index in [-0.39, 0.29) is 5.82 Å². The predicted molar refractivity (Wildman–Crippen MR) is 70.9 cm³/mol. The first-order valence-electron chi connectivity index (χ1n) is 5.98. The van der Waals surface area contributed by atoms with Crippen molar-refractivity contribution >= 4 is 5.69 Å². The number of benzene rings is 2. The predicted octanol–water partition coefficient (Wildman–Crippen LogP) is 3.36. The smallest absolute Gasteiger partial charge is 0.125 e. The van der Waals surface area contributed by atoms with Gasteiger partial charge in [-0.25, -0.2) is 4.39 Å². The molecular weight excluding hydrogens is 229 g/mol. The van der Waals surface area contributed by atoms with Gasteiger partial charge in [-0.15, -0.1) is 0 Å². The number of rotatable bonds is 5. The second-order valence-electron chi connectivity index (χ2n) is 4.15. The molecule has 0 fully saturated rings. The lowest BCUT2D eigenvalue weighted by atomic mass is 10.1. The van der Waals surface area contributed by atoms with E-state index in [0.717, 1.165) is 11.3 Å². The Kier molecular flexibility index (Phi) is 4.31. The Morgan fingerprint density at radius 2 is 1.83 bits per heavy atom. The van der Waals surface area contributed by atoms with E-state index in [0.29, 0.717) is 13.0 Å². The number of hydrogen-bond acceptors (Lipinski definition) is 2. The minimum atomic E-state index is -0.493. The van der Waals surface area contributed by atoms with Crippen LogP contribution in [0.4, 0.5) is 10.1 Å². The SMILES string of the molecule is OC(CCNc1cccc(F)c1)c1ccccc1. The van der Waals surface area contributed by atoms with E-state index in [1.807, 2.05) is 30.3 Å². The highest BCUT2D eigenvalue weighted by Gasteiger charge is 2.05. The fourth-order valence-electron chi connectivity index (χ4n) is 1.79. The highest BCUT2D eigenvalue weighted by atomic mass is 19.1. The molecule has 1 atom stereocenters. The molecule has 0 radical (unpaired) electrons. The molecule has 0 saturated carbocycles. The van der Waals surface area contributed by atoms with Crippen LogP contribution < -0.4 is 5.32 Å². The molecule has 0 aliphatic heterocycles. The molecule has 0 saturated heterocycles. The van der Waals surface area contributed by atoms with Crippen molar-refractivity contribution in [3.8, 4) is 0 Å². The normalized spacial score (nSPS) is 12.1. The first kappa shape index (κ1) is 12.6. The van der Waals surface area contributed by atoms with E-state index in [2.05, 4.69) is 5.32 Å². The molecule has 18 heavy (non-hydrogen) atoms. The van der Waals surface area contributed by atoms with Crippen LogP contribution in [0.3, 0.4) is 0 Å². The van der Waals surface area contributed by atoms with Crippen molar-refractivity contribution in [2.24, 2.45) is 0 Å². The van der Waals surface area contributed by atoms with Crippen LogP contribution in [0, 0.1) is 5.82 Å². The fourth-order valence-corrected chi connectivity index (χ4v) is 1.79. The van der Waals surface area contributed by atoms with Crippen LogP contribution in [0.1, 0.15) is 18.1 Å². The van der Waals surface area contributed by atoms with Gasteiger partial charge in [0.1, 0.15) is 5.82 Å². The molecule has 0 aromatic heterocycles. The number of nitrogens with one attached hydrogen (secondary N) is 1. The standard InChI is InChI=1S/C15H16FNO/c16-13-7-4-8-14(11-13)17-10-9-15(18)12-5-2-1-3-6-12/h1-8,11,15,17-18H,9-10H2. The summed E-state index contributed by atoms with van der Waals surface area (Å²) in [5.74, 6) is -0.261. The molecule has 2 rings (SSSR count). The Labute approximate surface area is 106 Å². The summed E-state index contributed by atoms with van der Waals surface area (Å²) in [4.78, 5) is 0. The van der Waals surface area contributed by atoms with Gasteiger partial charge in [-0.1, -0.05) is 36.4 Å². The quantitative estimate of drug-likeness (QED) is 0.846. The van der Waals surface area contributed by atoms with Gasteiger partial charge < -0.3 is 10.4 Å². The summed E-state index contributed by atoms with van der Waals surface area (Å²) in [6.07, 6.45) is 0.0906. The maximum absolute atomic E-state index is 12.9. The monoisotopic (exact) mass is 245 g/mol. The molecule has 0 spiro atoms. The lowest BCUT2D eigenvalue weighted by Gasteiger charge is -2.12. The highest BCUT2D eigenvalue weighted by molar-refractivity contribution is 5.42. The van der Waals surface area contributed by atoms with Gasteiger partial charge in [0.05, 0.1) is 6.10 Å². The Balaban J connectivity index is 1.82. The minimum absolute atomic E-state index is 0.261. The Morgan fingerprint density at radius 3 is 2.56 bits per heavy atom. The maximum Gasteiger partial charge on any atom is 0.125 e. The van der Waals surface area contributed by atoms with Crippen molar-refractivity contribution < 1.29 is 9.50 Å². The van der Waals surface area contributed by atoms with Crippen molar-refractivity contribution in [2.45, 2.75) is 12.5 Å². The first-order chi connectivity index (χ1) is 8.75. The first-order valence-corrected chi connectivity index (χ1v) is 5.98. The third-order valence-corrected chi connectivity index (χ3v) is 2.76. The van der Waals surface area contributed by atoms with Gasteiger partial charge in [0.25, 0.3) is 0 Å². The number of aliphatic hydroxyl groups is 1. The Morgan fingerprint density at radius 1 is 1.06 bits per heavy atom. The molecule has 0 amide bonds. The molecular formula is C15H16FNO. The number of halogens is 1. The molecule has 0 aliphatic rings. The van der Waals surface area contributed by atoms with Crippen molar-refractivity contribution in [3.63, 3.8) is 0 Å². The van der Waals surface area contributed by atoms with Gasteiger partial charge in [-0.05, 0) is 30.2 Å². The second kappa shape index (κ2) is 6.17. The summed E-state index contributed by atoms with van der Waals surface area (Å²) in [6.45, 7) is 0.597. The van der Waals surface area contributed by atoms with Crippen LogP contribution >= 0.6 is 0 Å². The lowest BCUT2D eigenvalue weighted by Crippen LogP contribution is -2.07. The van der Waals surface area contributed by atoms with E-state index >= 15 is 0 Å². The molecule has 0 heterocycles. The highest BCUT2D eigenvalue weighted by Crippen LogP contribution is 2.16. The average molecular weight is 245 g/mol. The van der Waals surface area contributed by atoms with Crippen LogP contribution in [0.25, 0.3) is 0 Å². The molecule has 0 aliphatic carbocycles. The van der Waals surface area contributed by atoms with Gasteiger partial charge in [-0.2, -0.15) is 0 Å². The summed E-state index contributed by atoms with van der Waals surface area (Å²) in [6, 6.07) is 15.8. The maximum atomic E-state index is 12.9. The van der Waals surface area contributed by atoms with Gasteiger partial charge in [-0.3, -0.25) is 0 Å². The topological polar surface area (TPSA) is 32.3 Å². The second-order valence-corrected chi connectivity index (χ2v) is 4.15. The molecule has 3 heteroatoms. The minimum Gasteiger partial charge on any atom is -0.388 e. The van der Waals surface area contributed by atoms with Gasteiger partial charge in [0.2, 0.25) is 0 Å². The molecule has 2 N–H and O–H groups in total. The largest absolute Gasteiger partial charge is 0.388 e. The van der Waals surface area contributed by atoms with Gasteiger partial charge in [0, 0.05) is 12.2 Å². The zero-order valence-electron chi connectivity index (χ0n) is 10.0. The van der Waals surface area contributed by atoms with E-state index in [1.54, 1.807) is 12.1 Å². The number of aliphatic hydroxyl groups excluding tert-OH is 1. The zero-order chi connectivity index (χ0) is 12.8. The molecule has 1 unspecified atom stereocenters. The van der Waals surface area contributed by atoms with E-state index < -0.39 is 6.10 Å². The summed E-state index contributed by atoms with van der Waals surface area (Å²) in [7, 11) is 0. The van der Waals surface area contributed by atoms with Gasteiger partial charge >= 0.3 is 0 Å². The van der Waals surface area contributed by atoms with Crippen LogP contribution in [0.5, 0.6) is 0 Å². The number of hydrogen-bond donors (Lipinski definition) is 2. The van der Waals surface area contributed by atoms with Crippen LogP contribution in [-0.2, 0) is 0 Å². The van der Waals surface area contributed by atoms with Crippen LogP contribution in [0.15, 0.2) is 54.6 Å². The third kappa shape index (κ3) is 3.57. The Hall–Kier alpha value is -1.87. The lowest BCUT2D eigenvalue weighted by molar-refractivity contribution is 0.171. The van der Waals surface area contributed by atoms with Crippen LogP contribution in [-0.4, -0.2) is 11.7 Å². The average Bonchev–Trinajstić information content (AvgIpc) is 2.40. The van der Waals surface area contributed by atoms with Crippen molar-refractivity contribution in [1.82, 2.24) is 0 Å². The summed E-state index contributed by atoms with van der Waals surface area (Å²) >= 11 is 0. The molecule has 94 valence electrons. The molecule has 2 nitrogen and oxygen atoms in total. The molecule has 0 bridgehead atoms. The zero-order valence-corrected chi connectivity index (χ0v) is 10.0.